The summed E-state index contributed by atoms with van der Waals surface area (Å²) in [6, 6.07) is 3.36. The molecular weight excluding hydrogens is 276 g/mol. The van der Waals surface area contributed by atoms with E-state index < -0.39 is 0 Å². The highest BCUT2D eigenvalue weighted by Crippen LogP contribution is 2.39. The van der Waals surface area contributed by atoms with E-state index in [0.29, 0.717) is 10.6 Å². The molecule has 1 aromatic rings. The van der Waals surface area contributed by atoms with Gasteiger partial charge in [0.05, 0.1) is 35.2 Å². The fraction of sp³-hybridized carbons (Fsp3) is 0.533. The van der Waals surface area contributed by atoms with E-state index >= 15 is 0 Å². The second kappa shape index (κ2) is 9.48. The number of carbonyl (C=O) groups excluding carboxylic acids is 1. The van der Waals surface area contributed by atoms with E-state index in [-0.39, 0.29) is 12.1 Å². The Morgan fingerprint density at radius 2 is 1.75 bits per heavy atom. The van der Waals surface area contributed by atoms with Crippen molar-refractivity contribution in [2.24, 2.45) is 0 Å². The van der Waals surface area contributed by atoms with Crippen LogP contribution in [0.1, 0.15) is 51.4 Å². The molecule has 0 spiro atoms. The van der Waals surface area contributed by atoms with Crippen LogP contribution in [-0.2, 0) is 4.74 Å². The highest BCUT2D eigenvalue weighted by atomic mass is 35.5. The zero-order valence-electron chi connectivity index (χ0n) is 13.1. The van der Waals surface area contributed by atoms with Crippen LogP contribution in [0.3, 0.4) is 0 Å². The van der Waals surface area contributed by atoms with Crippen LogP contribution in [0, 0.1) is 0 Å². The van der Waals surface area contributed by atoms with Crippen LogP contribution in [0.2, 0.25) is 5.02 Å². The van der Waals surface area contributed by atoms with Crippen molar-refractivity contribution in [3.63, 3.8) is 0 Å². The molecule has 114 valence electrons. The molecule has 0 aromatic heterocycles. The van der Waals surface area contributed by atoms with Gasteiger partial charge in [0.25, 0.3) is 0 Å². The standard InChI is InChI=1S/C11H13ClN2O2.2C2H6/c1-3-8-13-9-6(11(15)16-2)4-5-7(12)10(9)14-8;2*1-2/h4-5,8,13-14H,3H2,1-2H3;2*1-2H3. The third-order valence-electron chi connectivity index (χ3n) is 2.61. The van der Waals surface area contributed by atoms with E-state index in [1.807, 2.05) is 34.6 Å². The summed E-state index contributed by atoms with van der Waals surface area (Å²) in [5, 5.41) is 7.04. The molecule has 4 nitrogen and oxygen atoms in total. The number of methoxy groups -OCH3 is 1. The largest absolute Gasteiger partial charge is 0.465 e. The van der Waals surface area contributed by atoms with Gasteiger partial charge in [-0.1, -0.05) is 46.2 Å². The molecule has 2 rings (SSSR count). The number of nitrogens with one attached hydrogen (secondary N) is 2. The molecule has 0 radical (unpaired) electrons. The first-order valence-electron chi connectivity index (χ1n) is 7.11. The maximum absolute atomic E-state index is 11.5. The quantitative estimate of drug-likeness (QED) is 0.774. The Balaban J connectivity index is 0.000000829. The van der Waals surface area contributed by atoms with Crippen molar-refractivity contribution >= 4 is 28.9 Å². The number of esters is 1. The Kier molecular flexibility index (Phi) is 8.81. The van der Waals surface area contributed by atoms with Crippen LogP contribution in [0.25, 0.3) is 0 Å². The average molecular weight is 301 g/mol. The van der Waals surface area contributed by atoms with Crippen molar-refractivity contribution in [2.75, 3.05) is 17.7 Å². The fourth-order valence-electron chi connectivity index (χ4n) is 1.74. The van der Waals surface area contributed by atoms with Gasteiger partial charge in [0.15, 0.2) is 0 Å². The molecule has 0 amide bonds. The summed E-state index contributed by atoms with van der Waals surface area (Å²) < 4.78 is 4.72. The first-order chi connectivity index (χ1) is 9.67. The molecule has 0 fully saturated rings. The summed E-state index contributed by atoms with van der Waals surface area (Å²) in [5.74, 6) is -0.362. The van der Waals surface area contributed by atoms with Crippen molar-refractivity contribution < 1.29 is 9.53 Å². The molecule has 0 aliphatic carbocycles. The second-order valence-corrected chi connectivity index (χ2v) is 3.99. The third kappa shape index (κ3) is 4.04. The predicted octanol–water partition coefficient (Wildman–Crippen LogP) is 4.75. The number of rotatable bonds is 2. The maximum Gasteiger partial charge on any atom is 0.340 e. The van der Waals surface area contributed by atoms with Crippen molar-refractivity contribution in [1.29, 1.82) is 0 Å². The normalized spacial score (nSPS) is 14.4. The number of benzene rings is 1. The topological polar surface area (TPSA) is 50.4 Å². The van der Waals surface area contributed by atoms with E-state index in [1.165, 1.54) is 7.11 Å². The van der Waals surface area contributed by atoms with Crippen LogP contribution in [0.4, 0.5) is 11.4 Å². The number of hydrogen-bond donors (Lipinski definition) is 2. The predicted molar refractivity (Wildman–Crippen MR) is 86.8 cm³/mol. The molecule has 1 aliphatic heterocycles. The smallest absolute Gasteiger partial charge is 0.340 e. The molecule has 0 saturated carbocycles. The molecular formula is C15H25ClN2O2. The van der Waals surface area contributed by atoms with E-state index in [0.717, 1.165) is 17.8 Å². The Bertz CT molecular complexity index is 436. The molecule has 0 saturated heterocycles. The van der Waals surface area contributed by atoms with Gasteiger partial charge >= 0.3 is 5.97 Å². The number of halogens is 1. The van der Waals surface area contributed by atoms with Crippen molar-refractivity contribution in [2.45, 2.75) is 47.2 Å². The number of ether oxygens (including phenoxy) is 1. The maximum atomic E-state index is 11.5. The van der Waals surface area contributed by atoms with Gasteiger partial charge in [-0.2, -0.15) is 0 Å². The van der Waals surface area contributed by atoms with Gasteiger partial charge in [-0.3, -0.25) is 0 Å². The molecule has 1 aromatic carbocycles. The fourth-order valence-corrected chi connectivity index (χ4v) is 1.95. The van der Waals surface area contributed by atoms with Crippen LogP contribution in [0.5, 0.6) is 0 Å². The highest BCUT2D eigenvalue weighted by molar-refractivity contribution is 6.34. The Labute approximate surface area is 126 Å². The van der Waals surface area contributed by atoms with Gasteiger partial charge in [0, 0.05) is 0 Å². The highest BCUT2D eigenvalue weighted by Gasteiger charge is 2.26. The lowest BCUT2D eigenvalue weighted by molar-refractivity contribution is 0.0602. The summed E-state index contributed by atoms with van der Waals surface area (Å²) in [6.07, 6.45) is 1.00. The van der Waals surface area contributed by atoms with E-state index in [9.17, 15) is 4.79 Å². The van der Waals surface area contributed by atoms with Gasteiger partial charge in [-0.15, -0.1) is 0 Å². The number of anilines is 2. The van der Waals surface area contributed by atoms with Crippen LogP contribution in [-0.4, -0.2) is 19.2 Å². The van der Waals surface area contributed by atoms with Crippen molar-refractivity contribution in [3.8, 4) is 0 Å². The van der Waals surface area contributed by atoms with Gasteiger partial charge in [-0.05, 0) is 18.6 Å². The van der Waals surface area contributed by atoms with E-state index in [4.69, 9.17) is 16.3 Å². The summed E-state index contributed by atoms with van der Waals surface area (Å²) in [6.45, 7) is 10.0. The van der Waals surface area contributed by atoms with Gasteiger partial charge in [-0.25, -0.2) is 4.79 Å². The summed E-state index contributed by atoms with van der Waals surface area (Å²) in [7, 11) is 1.36. The number of hydrogen-bond acceptors (Lipinski definition) is 4. The van der Waals surface area contributed by atoms with Gasteiger partial charge < -0.3 is 15.4 Å². The molecule has 2 N–H and O–H groups in total. The zero-order chi connectivity index (χ0) is 15.7. The van der Waals surface area contributed by atoms with E-state index in [1.54, 1.807) is 12.1 Å². The molecule has 1 atom stereocenters. The summed E-state index contributed by atoms with van der Waals surface area (Å²) in [5.41, 5.74) is 2.01. The van der Waals surface area contributed by atoms with Crippen molar-refractivity contribution in [3.05, 3.63) is 22.7 Å². The first-order valence-corrected chi connectivity index (χ1v) is 7.49. The minimum atomic E-state index is -0.362. The molecule has 20 heavy (non-hydrogen) atoms. The molecule has 0 bridgehead atoms. The lowest BCUT2D eigenvalue weighted by Gasteiger charge is -2.08. The molecule has 1 heterocycles. The minimum absolute atomic E-state index is 0.110. The summed E-state index contributed by atoms with van der Waals surface area (Å²) >= 11 is 6.06. The van der Waals surface area contributed by atoms with Gasteiger partial charge in [0.2, 0.25) is 0 Å². The SMILES string of the molecule is CC.CC.CCC1Nc2c(Cl)ccc(C(=O)OC)c2N1. The minimum Gasteiger partial charge on any atom is -0.465 e. The first kappa shape index (κ1) is 18.6. The van der Waals surface area contributed by atoms with Crippen molar-refractivity contribution in [1.82, 2.24) is 0 Å². The van der Waals surface area contributed by atoms with Crippen LogP contribution in [0.15, 0.2) is 12.1 Å². The molecule has 5 heteroatoms. The Morgan fingerprint density at radius 1 is 1.20 bits per heavy atom. The zero-order valence-corrected chi connectivity index (χ0v) is 13.9. The molecule has 1 unspecified atom stereocenters. The average Bonchev–Trinajstić information content (AvgIpc) is 2.96. The second-order valence-electron chi connectivity index (χ2n) is 3.59. The monoisotopic (exact) mass is 300 g/mol. The lowest BCUT2D eigenvalue weighted by atomic mass is 10.1. The third-order valence-corrected chi connectivity index (χ3v) is 2.92. The van der Waals surface area contributed by atoms with Gasteiger partial charge in [0.1, 0.15) is 0 Å². The number of carbonyl (C=O) groups is 1. The van der Waals surface area contributed by atoms with Crippen LogP contribution >= 0.6 is 11.6 Å². The molecule has 1 aliphatic rings. The lowest BCUT2D eigenvalue weighted by Crippen LogP contribution is -2.20. The summed E-state index contributed by atoms with van der Waals surface area (Å²) in [4.78, 5) is 11.5. The Morgan fingerprint density at radius 3 is 2.25 bits per heavy atom. The Hall–Kier alpha value is -1.42. The van der Waals surface area contributed by atoms with Crippen LogP contribution < -0.4 is 10.6 Å². The van der Waals surface area contributed by atoms with E-state index in [2.05, 4.69) is 10.6 Å². The number of fused-ring (bicyclic) bond motifs is 1.